The SMILES string of the molecule is CCOC(=O)[C@H]1CN(C)CC[C@@H]1c1ccc(F)cc1. The maximum atomic E-state index is 13.0. The second-order valence-electron chi connectivity index (χ2n) is 5.07. The van der Waals surface area contributed by atoms with Gasteiger partial charge in [0.15, 0.2) is 0 Å². The Morgan fingerprint density at radius 3 is 2.74 bits per heavy atom. The van der Waals surface area contributed by atoms with Crippen LogP contribution in [0.2, 0.25) is 0 Å². The summed E-state index contributed by atoms with van der Waals surface area (Å²) in [6.45, 7) is 3.85. The van der Waals surface area contributed by atoms with Crippen LogP contribution in [0.1, 0.15) is 24.8 Å². The molecule has 2 atom stereocenters. The van der Waals surface area contributed by atoms with E-state index in [2.05, 4.69) is 4.90 Å². The van der Waals surface area contributed by atoms with Crippen molar-refractivity contribution in [3.05, 3.63) is 35.6 Å². The lowest BCUT2D eigenvalue weighted by atomic mass is 9.80. The zero-order valence-corrected chi connectivity index (χ0v) is 11.4. The molecule has 2 rings (SSSR count). The molecule has 3 nitrogen and oxygen atoms in total. The van der Waals surface area contributed by atoms with Gasteiger partial charge in [0.05, 0.1) is 12.5 Å². The van der Waals surface area contributed by atoms with E-state index in [1.165, 1.54) is 12.1 Å². The molecule has 0 spiro atoms. The molecule has 0 bridgehead atoms. The molecule has 1 aromatic rings. The third kappa shape index (κ3) is 3.32. The van der Waals surface area contributed by atoms with Crippen LogP contribution in [0.4, 0.5) is 4.39 Å². The molecule has 0 unspecified atom stereocenters. The van der Waals surface area contributed by atoms with Gasteiger partial charge in [-0.3, -0.25) is 4.79 Å². The summed E-state index contributed by atoms with van der Waals surface area (Å²) in [4.78, 5) is 14.2. The first-order valence-electron chi connectivity index (χ1n) is 6.72. The normalized spacial score (nSPS) is 24.2. The minimum atomic E-state index is -0.246. The van der Waals surface area contributed by atoms with E-state index in [0.717, 1.165) is 18.5 Å². The summed E-state index contributed by atoms with van der Waals surface area (Å²) in [5.41, 5.74) is 1.02. The van der Waals surface area contributed by atoms with Crippen molar-refractivity contribution >= 4 is 5.97 Å². The molecule has 0 radical (unpaired) electrons. The number of hydrogen-bond donors (Lipinski definition) is 0. The molecule has 0 aromatic heterocycles. The fourth-order valence-corrected chi connectivity index (χ4v) is 2.71. The summed E-state index contributed by atoms with van der Waals surface area (Å²) in [5, 5.41) is 0. The maximum Gasteiger partial charge on any atom is 0.310 e. The van der Waals surface area contributed by atoms with Gasteiger partial charge >= 0.3 is 5.97 Å². The van der Waals surface area contributed by atoms with Gasteiger partial charge in [-0.25, -0.2) is 4.39 Å². The van der Waals surface area contributed by atoms with E-state index in [0.29, 0.717) is 13.2 Å². The highest BCUT2D eigenvalue weighted by Gasteiger charge is 2.35. The molecule has 0 aliphatic carbocycles. The van der Waals surface area contributed by atoms with Gasteiger partial charge in [-0.05, 0) is 50.6 Å². The lowest BCUT2D eigenvalue weighted by Gasteiger charge is -2.35. The first kappa shape index (κ1) is 14.0. The van der Waals surface area contributed by atoms with E-state index in [9.17, 15) is 9.18 Å². The average Bonchev–Trinajstić information content (AvgIpc) is 2.40. The fourth-order valence-electron chi connectivity index (χ4n) is 2.71. The molecular formula is C15H20FNO2. The van der Waals surface area contributed by atoms with Crippen molar-refractivity contribution in [1.82, 2.24) is 4.90 Å². The van der Waals surface area contributed by atoms with Crippen LogP contribution in [0.3, 0.4) is 0 Å². The quantitative estimate of drug-likeness (QED) is 0.786. The van der Waals surface area contributed by atoms with Gasteiger partial charge in [-0.15, -0.1) is 0 Å². The predicted molar refractivity (Wildman–Crippen MR) is 71.4 cm³/mol. The Morgan fingerprint density at radius 1 is 1.42 bits per heavy atom. The van der Waals surface area contributed by atoms with Crippen molar-refractivity contribution in [2.45, 2.75) is 19.3 Å². The summed E-state index contributed by atoms with van der Waals surface area (Å²) in [6.07, 6.45) is 0.894. The minimum Gasteiger partial charge on any atom is -0.466 e. The fraction of sp³-hybridized carbons (Fsp3) is 0.533. The number of hydrogen-bond acceptors (Lipinski definition) is 3. The van der Waals surface area contributed by atoms with Gasteiger partial charge in [0.1, 0.15) is 5.82 Å². The molecule has 104 valence electrons. The van der Waals surface area contributed by atoms with Gasteiger partial charge in [0.25, 0.3) is 0 Å². The lowest BCUT2D eigenvalue weighted by molar-refractivity contribution is -0.150. The highest BCUT2D eigenvalue weighted by molar-refractivity contribution is 5.74. The van der Waals surface area contributed by atoms with Crippen LogP contribution in [-0.2, 0) is 9.53 Å². The monoisotopic (exact) mass is 265 g/mol. The summed E-state index contributed by atoms with van der Waals surface area (Å²) in [7, 11) is 2.01. The third-order valence-corrected chi connectivity index (χ3v) is 3.70. The Labute approximate surface area is 113 Å². The smallest absolute Gasteiger partial charge is 0.310 e. The van der Waals surface area contributed by atoms with Crippen molar-refractivity contribution in [3.8, 4) is 0 Å². The maximum absolute atomic E-state index is 13.0. The molecule has 1 aromatic carbocycles. The Bertz CT molecular complexity index is 432. The molecule has 1 saturated heterocycles. The topological polar surface area (TPSA) is 29.5 Å². The standard InChI is InChI=1S/C15H20FNO2/c1-3-19-15(18)14-10-17(2)9-8-13(14)11-4-6-12(16)7-5-11/h4-7,13-14H,3,8-10H2,1-2H3/t13-,14+/m1/s1. The molecule has 1 heterocycles. The number of rotatable bonds is 3. The van der Waals surface area contributed by atoms with Gasteiger partial charge < -0.3 is 9.64 Å². The van der Waals surface area contributed by atoms with Crippen LogP contribution in [-0.4, -0.2) is 37.6 Å². The van der Waals surface area contributed by atoms with Crippen LogP contribution in [0, 0.1) is 11.7 Å². The number of nitrogens with zero attached hydrogens (tertiary/aromatic N) is 1. The molecule has 0 N–H and O–H groups in total. The average molecular weight is 265 g/mol. The number of piperidine rings is 1. The predicted octanol–water partition coefficient (Wildman–Crippen LogP) is 2.42. The van der Waals surface area contributed by atoms with Crippen LogP contribution in [0.5, 0.6) is 0 Å². The summed E-state index contributed by atoms with van der Waals surface area (Å²) in [5.74, 6) is -0.437. The Balaban J connectivity index is 2.20. The molecule has 19 heavy (non-hydrogen) atoms. The van der Waals surface area contributed by atoms with E-state index in [-0.39, 0.29) is 23.6 Å². The molecule has 1 aliphatic heterocycles. The molecule has 1 fully saturated rings. The number of carbonyl (C=O) groups is 1. The third-order valence-electron chi connectivity index (χ3n) is 3.70. The molecule has 4 heteroatoms. The van der Waals surface area contributed by atoms with Gasteiger partial charge in [0.2, 0.25) is 0 Å². The number of carbonyl (C=O) groups excluding carboxylic acids is 1. The summed E-state index contributed by atoms with van der Waals surface area (Å²) in [6, 6.07) is 6.46. The molecule has 1 aliphatic rings. The Hall–Kier alpha value is -1.42. The second-order valence-corrected chi connectivity index (χ2v) is 5.07. The van der Waals surface area contributed by atoms with Crippen molar-refractivity contribution in [2.24, 2.45) is 5.92 Å². The minimum absolute atomic E-state index is 0.121. The first-order valence-corrected chi connectivity index (χ1v) is 6.72. The van der Waals surface area contributed by atoms with Gasteiger partial charge in [0, 0.05) is 6.54 Å². The first-order chi connectivity index (χ1) is 9.11. The number of ether oxygens (including phenoxy) is 1. The molecular weight excluding hydrogens is 245 g/mol. The number of esters is 1. The van der Waals surface area contributed by atoms with Gasteiger partial charge in [-0.2, -0.15) is 0 Å². The Kier molecular flexibility index (Phi) is 4.53. The molecule has 0 amide bonds. The number of likely N-dealkylation sites (tertiary alicyclic amines) is 1. The van der Waals surface area contributed by atoms with E-state index in [1.807, 2.05) is 14.0 Å². The van der Waals surface area contributed by atoms with Crippen molar-refractivity contribution in [3.63, 3.8) is 0 Å². The number of halogens is 1. The Morgan fingerprint density at radius 2 is 2.11 bits per heavy atom. The highest BCUT2D eigenvalue weighted by Crippen LogP contribution is 2.33. The van der Waals surface area contributed by atoms with Crippen LogP contribution < -0.4 is 0 Å². The van der Waals surface area contributed by atoms with Crippen LogP contribution >= 0.6 is 0 Å². The van der Waals surface area contributed by atoms with E-state index < -0.39 is 0 Å². The lowest BCUT2D eigenvalue weighted by Crippen LogP contribution is -2.41. The largest absolute Gasteiger partial charge is 0.466 e. The van der Waals surface area contributed by atoms with Crippen molar-refractivity contribution in [2.75, 3.05) is 26.7 Å². The van der Waals surface area contributed by atoms with Crippen LogP contribution in [0.25, 0.3) is 0 Å². The zero-order chi connectivity index (χ0) is 13.8. The summed E-state index contributed by atoms with van der Waals surface area (Å²) < 4.78 is 18.2. The molecule has 0 saturated carbocycles. The highest BCUT2D eigenvalue weighted by atomic mass is 19.1. The van der Waals surface area contributed by atoms with Crippen LogP contribution in [0.15, 0.2) is 24.3 Å². The van der Waals surface area contributed by atoms with E-state index in [4.69, 9.17) is 4.74 Å². The van der Waals surface area contributed by atoms with E-state index in [1.54, 1.807) is 12.1 Å². The summed E-state index contributed by atoms with van der Waals surface area (Å²) >= 11 is 0. The number of benzene rings is 1. The van der Waals surface area contributed by atoms with E-state index >= 15 is 0 Å². The zero-order valence-electron chi connectivity index (χ0n) is 11.4. The van der Waals surface area contributed by atoms with Crippen molar-refractivity contribution in [1.29, 1.82) is 0 Å². The van der Waals surface area contributed by atoms with Gasteiger partial charge in [-0.1, -0.05) is 12.1 Å². The van der Waals surface area contributed by atoms with Crippen molar-refractivity contribution < 1.29 is 13.9 Å². The second kappa shape index (κ2) is 6.15.